The number of aliphatic hydroxyl groups excluding tert-OH is 1. The van der Waals surface area contributed by atoms with E-state index < -0.39 is 5.54 Å². The molecular weight excluding hydrogens is 209 g/mol. The van der Waals surface area contributed by atoms with Crippen LogP contribution in [0, 0.1) is 5.82 Å². The fourth-order valence-corrected chi connectivity index (χ4v) is 1.99. The number of nitrogens with one attached hydrogen (secondary N) is 1. The second kappa shape index (κ2) is 4.80. The lowest BCUT2D eigenvalue weighted by molar-refractivity contribution is 0.0217. The molecule has 1 saturated heterocycles. The van der Waals surface area contributed by atoms with Gasteiger partial charge in [-0.05, 0) is 31.0 Å². The minimum atomic E-state index is -0.466. The molecule has 1 aliphatic rings. The van der Waals surface area contributed by atoms with Crippen LogP contribution >= 0.6 is 0 Å². The Balaban J connectivity index is 2.11. The molecule has 0 amide bonds. The molecule has 1 unspecified atom stereocenters. The maximum atomic E-state index is 13.0. The number of rotatable bonds is 3. The maximum absolute atomic E-state index is 13.0. The monoisotopic (exact) mass is 225 g/mol. The van der Waals surface area contributed by atoms with Crippen molar-refractivity contribution in [3.05, 3.63) is 30.1 Å². The number of aliphatic hydroxyl groups is 1. The van der Waals surface area contributed by atoms with E-state index in [1.807, 2.05) is 0 Å². The molecule has 0 aromatic heterocycles. The van der Waals surface area contributed by atoms with Gasteiger partial charge in [-0.3, -0.25) is 0 Å². The van der Waals surface area contributed by atoms with Crippen LogP contribution in [0.2, 0.25) is 0 Å². The Hall–Kier alpha value is -1.13. The minimum absolute atomic E-state index is 0.0104. The lowest BCUT2D eigenvalue weighted by Crippen LogP contribution is -2.49. The third kappa shape index (κ3) is 2.51. The number of ether oxygens (including phenoxy) is 1. The van der Waals surface area contributed by atoms with Gasteiger partial charge in [-0.25, -0.2) is 4.39 Å². The molecule has 4 heteroatoms. The van der Waals surface area contributed by atoms with Gasteiger partial charge in [-0.2, -0.15) is 0 Å². The Morgan fingerprint density at radius 1 is 1.50 bits per heavy atom. The van der Waals surface area contributed by atoms with Crippen LogP contribution in [-0.4, -0.2) is 30.5 Å². The molecule has 0 spiro atoms. The van der Waals surface area contributed by atoms with E-state index >= 15 is 0 Å². The fourth-order valence-electron chi connectivity index (χ4n) is 1.99. The van der Waals surface area contributed by atoms with E-state index in [9.17, 15) is 9.50 Å². The van der Waals surface area contributed by atoms with Crippen molar-refractivity contribution in [3.63, 3.8) is 0 Å². The van der Waals surface area contributed by atoms with Gasteiger partial charge in [-0.1, -0.05) is 6.07 Å². The van der Waals surface area contributed by atoms with Crippen molar-refractivity contribution in [1.29, 1.82) is 0 Å². The van der Waals surface area contributed by atoms with Gasteiger partial charge >= 0.3 is 0 Å². The highest BCUT2D eigenvalue weighted by molar-refractivity contribution is 5.46. The van der Waals surface area contributed by atoms with Crippen molar-refractivity contribution >= 4 is 5.69 Å². The van der Waals surface area contributed by atoms with Crippen LogP contribution in [0.5, 0.6) is 0 Å². The summed E-state index contributed by atoms with van der Waals surface area (Å²) in [6.45, 7) is 1.18. The smallest absolute Gasteiger partial charge is 0.125 e. The summed E-state index contributed by atoms with van der Waals surface area (Å²) in [7, 11) is 0. The zero-order valence-corrected chi connectivity index (χ0v) is 9.08. The predicted octanol–water partition coefficient (Wildman–Crippen LogP) is 1.78. The van der Waals surface area contributed by atoms with Crippen molar-refractivity contribution in [2.24, 2.45) is 0 Å². The molecule has 1 aliphatic heterocycles. The van der Waals surface area contributed by atoms with Crippen LogP contribution in [0.15, 0.2) is 24.3 Å². The van der Waals surface area contributed by atoms with Gasteiger partial charge in [0.05, 0.1) is 18.8 Å². The van der Waals surface area contributed by atoms with Crippen molar-refractivity contribution in [2.75, 3.05) is 25.1 Å². The third-order valence-electron chi connectivity index (χ3n) is 2.86. The molecular formula is C12H16FNO2. The van der Waals surface area contributed by atoms with E-state index in [-0.39, 0.29) is 12.4 Å². The molecule has 0 radical (unpaired) electrons. The first-order valence-corrected chi connectivity index (χ1v) is 5.46. The third-order valence-corrected chi connectivity index (χ3v) is 2.86. The molecule has 0 aliphatic carbocycles. The SMILES string of the molecule is OCC1(Nc2cccc(F)c2)CCCOC1. The summed E-state index contributed by atoms with van der Waals surface area (Å²) in [5.74, 6) is -0.283. The maximum Gasteiger partial charge on any atom is 0.125 e. The van der Waals surface area contributed by atoms with Crippen molar-refractivity contribution in [3.8, 4) is 0 Å². The summed E-state index contributed by atoms with van der Waals surface area (Å²) in [6, 6.07) is 6.25. The number of hydrogen-bond acceptors (Lipinski definition) is 3. The van der Waals surface area contributed by atoms with Crippen molar-refractivity contribution in [1.82, 2.24) is 0 Å². The van der Waals surface area contributed by atoms with Crippen LogP contribution in [0.4, 0.5) is 10.1 Å². The van der Waals surface area contributed by atoms with E-state index in [1.165, 1.54) is 12.1 Å². The number of anilines is 1. The molecule has 1 heterocycles. The lowest BCUT2D eigenvalue weighted by atomic mass is 9.93. The standard InChI is InChI=1S/C12H16FNO2/c13-10-3-1-4-11(7-10)14-12(8-15)5-2-6-16-9-12/h1,3-4,7,14-15H,2,5-6,8-9H2. The summed E-state index contributed by atoms with van der Waals surface area (Å²) in [6.07, 6.45) is 1.74. The first-order chi connectivity index (χ1) is 7.74. The predicted molar refractivity (Wildman–Crippen MR) is 59.9 cm³/mol. The first-order valence-electron chi connectivity index (χ1n) is 5.46. The van der Waals surface area contributed by atoms with Gasteiger partial charge in [0.2, 0.25) is 0 Å². The largest absolute Gasteiger partial charge is 0.394 e. The average Bonchev–Trinajstić information content (AvgIpc) is 2.30. The molecule has 16 heavy (non-hydrogen) atoms. The molecule has 1 aromatic carbocycles. The molecule has 0 bridgehead atoms. The molecule has 1 atom stereocenters. The van der Waals surface area contributed by atoms with Crippen LogP contribution in [0.1, 0.15) is 12.8 Å². The van der Waals surface area contributed by atoms with Gasteiger partial charge in [-0.15, -0.1) is 0 Å². The molecule has 0 saturated carbocycles. The molecule has 2 N–H and O–H groups in total. The summed E-state index contributed by atoms with van der Waals surface area (Å²) in [4.78, 5) is 0. The molecule has 3 nitrogen and oxygen atoms in total. The summed E-state index contributed by atoms with van der Waals surface area (Å²) in [5, 5.41) is 12.6. The minimum Gasteiger partial charge on any atom is -0.394 e. The van der Waals surface area contributed by atoms with Gasteiger partial charge in [0, 0.05) is 12.3 Å². The molecule has 2 rings (SSSR count). The number of benzene rings is 1. The van der Waals surface area contributed by atoms with Crippen molar-refractivity contribution in [2.45, 2.75) is 18.4 Å². The Kier molecular flexibility index (Phi) is 3.41. The summed E-state index contributed by atoms with van der Waals surface area (Å²) >= 11 is 0. The number of halogens is 1. The summed E-state index contributed by atoms with van der Waals surface area (Å²) in [5.41, 5.74) is 0.214. The average molecular weight is 225 g/mol. The quantitative estimate of drug-likeness (QED) is 0.824. The van der Waals surface area contributed by atoms with E-state index in [1.54, 1.807) is 12.1 Å². The van der Waals surface area contributed by atoms with E-state index in [4.69, 9.17) is 4.74 Å². The number of hydrogen-bond donors (Lipinski definition) is 2. The van der Waals surface area contributed by atoms with Crippen molar-refractivity contribution < 1.29 is 14.2 Å². The zero-order valence-electron chi connectivity index (χ0n) is 9.08. The van der Waals surface area contributed by atoms with Gasteiger partial charge < -0.3 is 15.2 Å². The molecule has 88 valence electrons. The zero-order chi connectivity index (χ0) is 11.4. The second-order valence-electron chi connectivity index (χ2n) is 4.23. The van der Waals surface area contributed by atoms with Gasteiger partial charge in [0.1, 0.15) is 5.82 Å². The highest BCUT2D eigenvalue weighted by Gasteiger charge is 2.32. The van der Waals surface area contributed by atoms with Crippen LogP contribution in [0.25, 0.3) is 0 Å². The Morgan fingerprint density at radius 3 is 3.00 bits per heavy atom. The van der Waals surface area contributed by atoms with E-state index in [0.717, 1.165) is 19.4 Å². The van der Waals surface area contributed by atoms with E-state index in [2.05, 4.69) is 5.32 Å². The molecule has 1 fully saturated rings. The van der Waals surface area contributed by atoms with Gasteiger partial charge in [0.25, 0.3) is 0 Å². The lowest BCUT2D eigenvalue weighted by Gasteiger charge is -2.37. The Labute approximate surface area is 94.2 Å². The molecule has 1 aromatic rings. The Morgan fingerprint density at radius 2 is 2.38 bits per heavy atom. The highest BCUT2D eigenvalue weighted by atomic mass is 19.1. The first kappa shape index (κ1) is 11.4. The fraction of sp³-hybridized carbons (Fsp3) is 0.500. The topological polar surface area (TPSA) is 41.5 Å². The van der Waals surface area contributed by atoms with Crippen LogP contribution < -0.4 is 5.32 Å². The second-order valence-corrected chi connectivity index (χ2v) is 4.23. The van der Waals surface area contributed by atoms with E-state index in [0.29, 0.717) is 12.3 Å². The normalized spacial score (nSPS) is 25.4. The van der Waals surface area contributed by atoms with Crippen LogP contribution in [0.3, 0.4) is 0 Å². The van der Waals surface area contributed by atoms with Gasteiger partial charge in [0.15, 0.2) is 0 Å². The Bertz CT molecular complexity index is 351. The highest BCUT2D eigenvalue weighted by Crippen LogP contribution is 2.24. The summed E-state index contributed by atoms with van der Waals surface area (Å²) < 4.78 is 18.4. The van der Waals surface area contributed by atoms with Crippen LogP contribution in [-0.2, 0) is 4.74 Å².